The zero-order valence-corrected chi connectivity index (χ0v) is 12.8. The maximum atomic E-state index is 13.1. The van der Waals surface area contributed by atoms with Crippen LogP contribution in [-0.2, 0) is 10.0 Å². The molecule has 3 N–H and O–H groups in total. The van der Waals surface area contributed by atoms with Crippen molar-refractivity contribution in [3.63, 3.8) is 0 Å². The van der Waals surface area contributed by atoms with Gasteiger partial charge < -0.3 is 10.7 Å². The van der Waals surface area contributed by atoms with Crippen LogP contribution >= 0.6 is 0 Å². The highest BCUT2D eigenvalue weighted by Crippen LogP contribution is 2.32. The maximum absolute atomic E-state index is 13.1. The first kappa shape index (κ1) is 14.5. The summed E-state index contributed by atoms with van der Waals surface area (Å²) in [7, 11) is -3.57. The van der Waals surface area contributed by atoms with E-state index in [2.05, 4.69) is 9.97 Å². The number of hydrogen-bond donors (Lipinski definition) is 2. The van der Waals surface area contributed by atoms with Gasteiger partial charge in [0.1, 0.15) is 10.5 Å². The molecule has 0 spiro atoms. The Kier molecular flexibility index (Phi) is 3.73. The van der Waals surface area contributed by atoms with Crippen LogP contribution in [0.25, 0.3) is 11.0 Å². The highest BCUT2D eigenvalue weighted by Gasteiger charge is 2.38. The summed E-state index contributed by atoms with van der Waals surface area (Å²) in [6.45, 7) is 2.30. The number of nitrogens with zero attached hydrogens (tertiary/aromatic N) is 2. The molecule has 0 saturated carbocycles. The zero-order chi connectivity index (χ0) is 15.0. The largest absolute Gasteiger partial charge is 0.345 e. The minimum absolute atomic E-state index is 0.0288. The fraction of sp³-hybridized carbons (Fsp3) is 0.500. The van der Waals surface area contributed by atoms with E-state index < -0.39 is 10.0 Å². The van der Waals surface area contributed by atoms with Crippen LogP contribution in [0.4, 0.5) is 0 Å². The Morgan fingerprint density at radius 3 is 3.05 bits per heavy atom. The van der Waals surface area contributed by atoms with Gasteiger partial charge in [0.25, 0.3) is 0 Å². The molecule has 114 valence electrons. The van der Waals surface area contributed by atoms with Gasteiger partial charge in [0, 0.05) is 36.4 Å². The first-order valence-electron chi connectivity index (χ1n) is 7.21. The van der Waals surface area contributed by atoms with Crippen LogP contribution in [0.1, 0.15) is 26.2 Å². The highest BCUT2D eigenvalue weighted by molar-refractivity contribution is 7.89. The number of pyridine rings is 1. The van der Waals surface area contributed by atoms with E-state index >= 15 is 0 Å². The van der Waals surface area contributed by atoms with Crippen molar-refractivity contribution >= 4 is 21.1 Å². The minimum Gasteiger partial charge on any atom is -0.345 e. The molecule has 0 bridgehead atoms. The van der Waals surface area contributed by atoms with Gasteiger partial charge in [-0.05, 0) is 31.9 Å². The lowest BCUT2D eigenvalue weighted by molar-refractivity contribution is 0.196. The summed E-state index contributed by atoms with van der Waals surface area (Å²) in [5, 5.41) is 0.631. The number of nitrogens with one attached hydrogen (secondary N) is 1. The van der Waals surface area contributed by atoms with E-state index in [1.165, 1.54) is 6.20 Å². The second kappa shape index (κ2) is 5.40. The number of aromatic nitrogens is 2. The van der Waals surface area contributed by atoms with Crippen LogP contribution in [0.3, 0.4) is 0 Å². The molecule has 0 amide bonds. The number of nitrogens with two attached hydrogens (primary N) is 1. The summed E-state index contributed by atoms with van der Waals surface area (Å²) in [5.74, 6) is 0. The Hall–Kier alpha value is -1.44. The summed E-state index contributed by atoms with van der Waals surface area (Å²) in [4.78, 5) is 7.38. The van der Waals surface area contributed by atoms with Gasteiger partial charge in [-0.25, -0.2) is 13.4 Å². The van der Waals surface area contributed by atoms with Gasteiger partial charge in [-0.2, -0.15) is 4.31 Å². The van der Waals surface area contributed by atoms with E-state index in [9.17, 15) is 8.42 Å². The Balaban J connectivity index is 2.10. The maximum Gasteiger partial charge on any atom is 0.245 e. The molecule has 2 unspecified atom stereocenters. The van der Waals surface area contributed by atoms with Crippen molar-refractivity contribution in [2.24, 2.45) is 5.73 Å². The van der Waals surface area contributed by atoms with Crippen LogP contribution in [-0.4, -0.2) is 41.3 Å². The molecule has 0 radical (unpaired) electrons. The molecular formula is C14H20N4O2S. The Bertz CT molecular complexity index is 740. The molecule has 3 rings (SSSR count). The lowest BCUT2D eigenvalue weighted by Crippen LogP contribution is -2.51. The molecule has 2 aromatic heterocycles. The molecule has 1 aliphatic heterocycles. The van der Waals surface area contributed by atoms with E-state index in [4.69, 9.17) is 5.73 Å². The number of hydrogen-bond acceptors (Lipinski definition) is 4. The molecule has 21 heavy (non-hydrogen) atoms. The molecule has 3 heterocycles. The lowest BCUT2D eigenvalue weighted by Gasteiger charge is -2.38. The van der Waals surface area contributed by atoms with E-state index in [-0.39, 0.29) is 17.0 Å². The summed E-state index contributed by atoms with van der Waals surface area (Å²) >= 11 is 0. The molecule has 2 aromatic rings. The number of H-pyrrole nitrogens is 1. The second-order valence-electron chi connectivity index (χ2n) is 5.56. The quantitative estimate of drug-likeness (QED) is 0.897. The average Bonchev–Trinajstić information content (AvgIpc) is 2.91. The SMILES string of the molecule is CC1CCCC(CN)N1S(=O)(=O)c1c[nH]c2ncccc12. The summed E-state index contributed by atoms with van der Waals surface area (Å²) in [6, 6.07) is 3.37. The fourth-order valence-electron chi connectivity index (χ4n) is 3.18. The van der Waals surface area contributed by atoms with E-state index in [1.54, 1.807) is 22.6 Å². The van der Waals surface area contributed by atoms with E-state index in [0.717, 1.165) is 19.3 Å². The number of piperidine rings is 1. The van der Waals surface area contributed by atoms with Gasteiger partial charge >= 0.3 is 0 Å². The van der Waals surface area contributed by atoms with Crippen LogP contribution in [0.5, 0.6) is 0 Å². The summed E-state index contributed by atoms with van der Waals surface area (Å²) < 4.78 is 27.7. The van der Waals surface area contributed by atoms with Crippen LogP contribution in [0.15, 0.2) is 29.4 Å². The van der Waals surface area contributed by atoms with Crippen molar-refractivity contribution in [1.29, 1.82) is 0 Å². The molecule has 1 aliphatic rings. The van der Waals surface area contributed by atoms with Gasteiger partial charge in [0.05, 0.1) is 0 Å². The Morgan fingerprint density at radius 1 is 1.48 bits per heavy atom. The summed E-state index contributed by atoms with van der Waals surface area (Å²) in [6.07, 6.45) is 5.88. The predicted molar refractivity (Wildman–Crippen MR) is 81.3 cm³/mol. The molecule has 0 aromatic carbocycles. The fourth-order valence-corrected chi connectivity index (χ4v) is 5.22. The predicted octanol–water partition coefficient (Wildman–Crippen LogP) is 1.45. The average molecular weight is 308 g/mol. The van der Waals surface area contributed by atoms with Gasteiger partial charge in [0.15, 0.2) is 0 Å². The van der Waals surface area contributed by atoms with Crippen LogP contribution < -0.4 is 5.73 Å². The first-order valence-corrected chi connectivity index (χ1v) is 8.65. The number of sulfonamides is 1. The van der Waals surface area contributed by atoms with Gasteiger partial charge in [0.2, 0.25) is 10.0 Å². The van der Waals surface area contributed by atoms with Gasteiger partial charge in [-0.3, -0.25) is 0 Å². The molecule has 1 fully saturated rings. The Labute approximate surface area is 124 Å². The van der Waals surface area contributed by atoms with Gasteiger partial charge in [-0.1, -0.05) is 6.42 Å². The normalized spacial score (nSPS) is 24.5. The first-order chi connectivity index (χ1) is 10.1. The summed E-state index contributed by atoms with van der Waals surface area (Å²) in [5.41, 5.74) is 6.38. The van der Waals surface area contributed by atoms with Crippen LogP contribution in [0.2, 0.25) is 0 Å². The third-order valence-electron chi connectivity index (χ3n) is 4.19. The van der Waals surface area contributed by atoms with E-state index in [0.29, 0.717) is 17.6 Å². The molecular weight excluding hydrogens is 288 g/mol. The number of rotatable bonds is 3. The number of fused-ring (bicyclic) bond motifs is 1. The third kappa shape index (κ3) is 2.35. The highest BCUT2D eigenvalue weighted by atomic mass is 32.2. The molecule has 6 nitrogen and oxygen atoms in total. The monoisotopic (exact) mass is 308 g/mol. The van der Waals surface area contributed by atoms with Crippen molar-refractivity contribution in [3.8, 4) is 0 Å². The lowest BCUT2D eigenvalue weighted by atomic mass is 10.00. The topological polar surface area (TPSA) is 92.1 Å². The smallest absolute Gasteiger partial charge is 0.245 e. The zero-order valence-electron chi connectivity index (χ0n) is 12.0. The standard InChI is InChI=1S/C14H20N4O2S/c1-10-4-2-5-11(8-15)18(10)21(19,20)13-9-17-14-12(13)6-3-7-16-14/h3,6-7,9-11H,2,4-5,8,15H2,1H3,(H,16,17). The minimum atomic E-state index is -3.57. The third-order valence-corrected chi connectivity index (χ3v) is 6.30. The van der Waals surface area contributed by atoms with Crippen molar-refractivity contribution in [2.45, 2.75) is 43.2 Å². The molecule has 7 heteroatoms. The molecule has 0 aliphatic carbocycles. The Morgan fingerprint density at radius 2 is 2.29 bits per heavy atom. The molecule has 1 saturated heterocycles. The van der Waals surface area contributed by atoms with Crippen molar-refractivity contribution in [3.05, 3.63) is 24.5 Å². The van der Waals surface area contributed by atoms with Crippen molar-refractivity contribution in [1.82, 2.24) is 14.3 Å². The van der Waals surface area contributed by atoms with E-state index in [1.807, 2.05) is 6.92 Å². The number of aromatic amines is 1. The van der Waals surface area contributed by atoms with Gasteiger partial charge in [-0.15, -0.1) is 0 Å². The van der Waals surface area contributed by atoms with Crippen LogP contribution in [0, 0.1) is 0 Å². The second-order valence-corrected chi connectivity index (χ2v) is 7.37. The van der Waals surface area contributed by atoms with Crippen molar-refractivity contribution in [2.75, 3.05) is 6.54 Å². The van der Waals surface area contributed by atoms with Crippen molar-refractivity contribution < 1.29 is 8.42 Å². The molecule has 2 atom stereocenters.